The molecule has 1 atom stereocenters. The van der Waals surface area contributed by atoms with Crippen LogP contribution in [0, 0.1) is 0 Å². The molecule has 78 valence electrons. The highest BCUT2D eigenvalue weighted by Crippen LogP contribution is 2.02. The number of pyridine rings is 1. The van der Waals surface area contributed by atoms with Crippen molar-refractivity contribution in [2.24, 2.45) is 4.99 Å². The minimum atomic E-state index is -0.540. The van der Waals surface area contributed by atoms with Gasteiger partial charge >= 0.3 is 5.97 Å². The van der Waals surface area contributed by atoms with Gasteiger partial charge in [0.2, 0.25) is 0 Å². The van der Waals surface area contributed by atoms with Gasteiger partial charge in [-0.3, -0.25) is 0 Å². The van der Waals surface area contributed by atoms with Gasteiger partial charge in [-0.15, -0.1) is 0 Å². The van der Waals surface area contributed by atoms with Crippen LogP contribution < -0.4 is 10.7 Å². The normalized spacial score (nSPS) is 17.6. The maximum Gasteiger partial charge on any atom is 0.334 e. The Bertz CT molecular complexity index is 513. The quantitative estimate of drug-likeness (QED) is 0.569. The van der Waals surface area contributed by atoms with Crippen LogP contribution in [0.15, 0.2) is 21.7 Å². The zero-order valence-electron chi connectivity index (χ0n) is 8.11. The van der Waals surface area contributed by atoms with Gasteiger partial charge in [-0.1, -0.05) is 0 Å². The van der Waals surface area contributed by atoms with Crippen molar-refractivity contribution in [3.05, 3.63) is 27.4 Å². The first-order valence-electron chi connectivity index (χ1n) is 4.59. The summed E-state index contributed by atoms with van der Waals surface area (Å²) >= 11 is 3.25. The highest BCUT2D eigenvalue weighted by molar-refractivity contribution is 9.10. The summed E-state index contributed by atoms with van der Waals surface area (Å²) in [6.07, 6.45) is 1.76. The first-order valence-corrected chi connectivity index (χ1v) is 5.39. The standard InChI is InChI=1S/C10H9BrN2O2/c1-2-15-10(14)7-5-6-3-4-8(11)13-9(6)12-7/h3-5,7H,2H2,1H3/t7-/m1/s1. The molecule has 2 rings (SSSR count). The van der Waals surface area contributed by atoms with E-state index in [0.717, 1.165) is 5.22 Å². The fourth-order valence-corrected chi connectivity index (χ4v) is 1.66. The topological polar surface area (TPSA) is 51.5 Å². The van der Waals surface area contributed by atoms with Gasteiger partial charge < -0.3 is 4.74 Å². The molecule has 4 nitrogen and oxygen atoms in total. The van der Waals surface area contributed by atoms with Crippen molar-refractivity contribution in [1.29, 1.82) is 0 Å². The molecule has 1 aromatic heterocycles. The van der Waals surface area contributed by atoms with Gasteiger partial charge in [0.25, 0.3) is 0 Å². The number of nitrogens with zero attached hydrogens (tertiary/aromatic N) is 2. The summed E-state index contributed by atoms with van der Waals surface area (Å²) in [5, 5.41) is 0.872. The molecule has 0 saturated carbocycles. The summed E-state index contributed by atoms with van der Waals surface area (Å²) < 4.78 is 5.59. The van der Waals surface area contributed by atoms with Crippen molar-refractivity contribution in [3.63, 3.8) is 0 Å². The van der Waals surface area contributed by atoms with Gasteiger partial charge in [-0.05, 0) is 41.1 Å². The van der Waals surface area contributed by atoms with Gasteiger partial charge in [0, 0.05) is 5.22 Å². The molecule has 15 heavy (non-hydrogen) atoms. The molecule has 0 spiro atoms. The predicted octanol–water partition coefficient (Wildman–Crippen LogP) is 0.189. The molecular formula is C10H9BrN2O2. The van der Waals surface area contributed by atoms with E-state index in [1.807, 2.05) is 12.1 Å². The first-order chi connectivity index (χ1) is 7.20. The SMILES string of the molecule is CCOC(=O)[C@H]1C=c2ccc(Br)nc2=N1. The van der Waals surface area contributed by atoms with Crippen molar-refractivity contribution in [2.45, 2.75) is 13.0 Å². The third-order valence-corrected chi connectivity index (χ3v) is 2.44. The lowest BCUT2D eigenvalue weighted by atomic mass is 10.3. The fraction of sp³-hybridized carbons (Fsp3) is 0.300. The Morgan fingerprint density at radius 2 is 2.40 bits per heavy atom. The second-order valence-electron chi connectivity index (χ2n) is 3.04. The number of halogens is 1. The molecular weight excluding hydrogens is 260 g/mol. The molecule has 0 amide bonds. The maximum atomic E-state index is 11.4. The molecule has 1 aliphatic rings. The van der Waals surface area contributed by atoms with Crippen molar-refractivity contribution in [3.8, 4) is 0 Å². The van der Waals surface area contributed by atoms with Crippen LogP contribution in [0.25, 0.3) is 6.08 Å². The van der Waals surface area contributed by atoms with E-state index in [4.69, 9.17) is 4.74 Å². The number of carbonyl (C=O) groups is 1. The molecule has 0 unspecified atom stereocenters. The van der Waals surface area contributed by atoms with Crippen molar-refractivity contribution in [2.75, 3.05) is 6.61 Å². The monoisotopic (exact) mass is 268 g/mol. The van der Waals surface area contributed by atoms with Crippen LogP contribution in [0.5, 0.6) is 0 Å². The largest absolute Gasteiger partial charge is 0.464 e. The highest BCUT2D eigenvalue weighted by Gasteiger charge is 2.19. The van der Waals surface area contributed by atoms with Crippen LogP contribution in [0.4, 0.5) is 0 Å². The van der Waals surface area contributed by atoms with E-state index in [1.165, 1.54) is 0 Å². The van der Waals surface area contributed by atoms with Crippen molar-refractivity contribution >= 4 is 28.0 Å². The number of rotatable bonds is 2. The predicted molar refractivity (Wildman–Crippen MR) is 57.6 cm³/mol. The Morgan fingerprint density at radius 1 is 1.60 bits per heavy atom. The van der Waals surface area contributed by atoms with Gasteiger partial charge in [0.15, 0.2) is 11.5 Å². The molecule has 0 radical (unpaired) electrons. The lowest BCUT2D eigenvalue weighted by Crippen LogP contribution is -2.24. The lowest BCUT2D eigenvalue weighted by Gasteiger charge is -2.02. The molecule has 0 saturated heterocycles. The minimum absolute atomic E-state index is 0.327. The average Bonchev–Trinajstić information content (AvgIpc) is 2.60. The molecule has 0 N–H and O–H groups in total. The average molecular weight is 269 g/mol. The van der Waals surface area contributed by atoms with Gasteiger partial charge in [-0.25, -0.2) is 14.8 Å². The fourth-order valence-electron chi connectivity index (χ4n) is 1.36. The number of aromatic nitrogens is 1. The molecule has 0 aliphatic carbocycles. The van der Waals surface area contributed by atoms with E-state index in [-0.39, 0.29) is 5.97 Å². The smallest absolute Gasteiger partial charge is 0.334 e. The number of esters is 1. The zero-order chi connectivity index (χ0) is 10.8. The zero-order valence-corrected chi connectivity index (χ0v) is 9.69. The van der Waals surface area contributed by atoms with Crippen molar-refractivity contribution < 1.29 is 9.53 Å². The number of carbonyl (C=O) groups excluding carboxylic acids is 1. The Morgan fingerprint density at radius 3 is 3.13 bits per heavy atom. The summed E-state index contributed by atoms with van der Waals surface area (Å²) in [7, 11) is 0. The van der Waals surface area contributed by atoms with Crippen LogP contribution in [-0.4, -0.2) is 23.6 Å². The summed E-state index contributed by atoms with van der Waals surface area (Å²) in [5.74, 6) is -0.327. The summed E-state index contributed by atoms with van der Waals surface area (Å²) in [6.45, 7) is 2.14. The van der Waals surface area contributed by atoms with E-state index >= 15 is 0 Å². The van der Waals surface area contributed by atoms with Crippen LogP contribution in [0.1, 0.15) is 6.92 Å². The second kappa shape index (κ2) is 4.10. The Kier molecular flexibility index (Phi) is 2.81. The van der Waals surface area contributed by atoms with E-state index < -0.39 is 6.04 Å². The first kappa shape index (κ1) is 10.3. The lowest BCUT2D eigenvalue weighted by molar-refractivity contribution is -0.142. The minimum Gasteiger partial charge on any atom is -0.464 e. The Hall–Kier alpha value is -1.23. The number of hydrogen-bond donors (Lipinski definition) is 0. The van der Waals surface area contributed by atoms with Crippen LogP contribution >= 0.6 is 15.9 Å². The molecule has 0 fully saturated rings. The Balaban J connectivity index is 2.35. The number of fused-ring (bicyclic) bond motifs is 1. The van der Waals surface area contributed by atoms with Gasteiger partial charge in [-0.2, -0.15) is 0 Å². The molecule has 2 heterocycles. The van der Waals surface area contributed by atoms with Crippen molar-refractivity contribution in [1.82, 2.24) is 4.98 Å². The third kappa shape index (κ3) is 2.07. The maximum absolute atomic E-state index is 11.4. The molecule has 5 heteroatoms. The summed E-state index contributed by atoms with van der Waals surface area (Å²) in [5.41, 5.74) is 0.586. The number of ether oxygens (including phenoxy) is 1. The third-order valence-electron chi connectivity index (χ3n) is 2.00. The highest BCUT2D eigenvalue weighted by atomic mass is 79.9. The summed E-state index contributed by atoms with van der Waals surface area (Å²) in [6, 6.07) is 3.15. The van der Waals surface area contributed by atoms with E-state index in [1.54, 1.807) is 13.0 Å². The van der Waals surface area contributed by atoms with Crippen LogP contribution in [0.2, 0.25) is 0 Å². The van der Waals surface area contributed by atoms with E-state index in [9.17, 15) is 4.79 Å². The second-order valence-corrected chi connectivity index (χ2v) is 3.85. The van der Waals surface area contributed by atoms with Gasteiger partial charge in [0.1, 0.15) is 4.60 Å². The van der Waals surface area contributed by atoms with E-state index in [2.05, 4.69) is 25.9 Å². The molecule has 1 aromatic rings. The van der Waals surface area contributed by atoms with Crippen LogP contribution in [0.3, 0.4) is 0 Å². The molecule has 0 bridgehead atoms. The molecule has 0 aromatic carbocycles. The van der Waals surface area contributed by atoms with Gasteiger partial charge in [0.05, 0.1) is 6.61 Å². The van der Waals surface area contributed by atoms with E-state index in [0.29, 0.717) is 16.7 Å². The number of hydrogen-bond acceptors (Lipinski definition) is 4. The van der Waals surface area contributed by atoms with Crippen LogP contribution in [-0.2, 0) is 9.53 Å². The molecule has 1 aliphatic heterocycles. The Labute approximate surface area is 94.8 Å². The summed E-state index contributed by atoms with van der Waals surface area (Å²) in [4.78, 5) is 19.7.